The Morgan fingerprint density at radius 1 is 1.29 bits per heavy atom. The van der Waals surface area contributed by atoms with E-state index in [1.165, 1.54) is 17.2 Å². The quantitative estimate of drug-likeness (QED) is 0.808. The van der Waals surface area contributed by atoms with E-state index in [0.29, 0.717) is 5.56 Å². The third kappa shape index (κ3) is 2.43. The summed E-state index contributed by atoms with van der Waals surface area (Å²) in [5, 5.41) is 10.6. The summed E-state index contributed by atoms with van der Waals surface area (Å²) in [4.78, 5) is 22.2. The summed E-state index contributed by atoms with van der Waals surface area (Å²) in [6, 6.07) is 9.35. The van der Waals surface area contributed by atoms with Crippen molar-refractivity contribution in [2.45, 2.75) is 18.9 Å². The predicted molar refractivity (Wildman–Crippen MR) is 86.8 cm³/mol. The van der Waals surface area contributed by atoms with Crippen LogP contribution >= 0.6 is 7.82 Å². The third-order valence-electron chi connectivity index (χ3n) is 4.92. The Morgan fingerprint density at radius 3 is 2.83 bits per heavy atom. The van der Waals surface area contributed by atoms with E-state index in [0.717, 1.165) is 30.5 Å². The number of hydrogen-bond donors (Lipinski definition) is 2. The molecule has 6 nitrogen and oxygen atoms in total. The molecule has 2 unspecified atom stereocenters. The molecule has 0 saturated heterocycles. The second-order valence-corrected chi connectivity index (χ2v) is 7.45. The average molecular weight is 346 g/mol. The number of hydrogen-bond acceptors (Lipinski definition) is 5. The summed E-state index contributed by atoms with van der Waals surface area (Å²) in [6.07, 6.45) is 1.67. The number of phenolic OH excluding ortho intramolecular Hbond substituents is 1. The van der Waals surface area contributed by atoms with Crippen molar-refractivity contribution in [2.24, 2.45) is 0 Å². The molecule has 0 radical (unpaired) electrons. The number of phenols is 1. The molecule has 4 rings (SSSR count). The van der Waals surface area contributed by atoms with Crippen molar-refractivity contribution in [3.05, 3.63) is 47.0 Å². The number of likely N-dealkylation sites (N-methyl/N-ethyl adjacent to an activating group) is 1. The van der Waals surface area contributed by atoms with E-state index in [4.69, 9.17) is 4.89 Å². The minimum atomic E-state index is -4.98. The van der Waals surface area contributed by atoms with E-state index < -0.39 is 7.82 Å². The van der Waals surface area contributed by atoms with Crippen molar-refractivity contribution in [3.63, 3.8) is 0 Å². The van der Waals surface area contributed by atoms with Crippen LogP contribution in [0.5, 0.6) is 11.5 Å². The van der Waals surface area contributed by atoms with E-state index >= 15 is 0 Å². The molecule has 0 fully saturated rings. The summed E-state index contributed by atoms with van der Waals surface area (Å²) < 4.78 is 15.5. The van der Waals surface area contributed by atoms with E-state index in [1.807, 2.05) is 12.1 Å². The van der Waals surface area contributed by atoms with Gasteiger partial charge in [0.25, 0.3) is 0 Å². The topological polar surface area (TPSA) is 93.1 Å². The molecule has 1 aliphatic carbocycles. The first-order valence-electron chi connectivity index (χ1n) is 7.76. The van der Waals surface area contributed by atoms with Crippen LogP contribution in [0.1, 0.15) is 22.7 Å². The van der Waals surface area contributed by atoms with Gasteiger partial charge in [-0.15, -0.1) is 0 Å². The molecular weight excluding hydrogens is 329 g/mol. The molecular formula is C17H17NO5P-. The van der Waals surface area contributed by atoms with Gasteiger partial charge in [0.1, 0.15) is 0 Å². The van der Waals surface area contributed by atoms with E-state index in [9.17, 15) is 14.6 Å². The van der Waals surface area contributed by atoms with Crippen LogP contribution in [0.4, 0.5) is 0 Å². The van der Waals surface area contributed by atoms with E-state index in [1.54, 1.807) is 6.07 Å². The fourth-order valence-corrected chi connectivity index (χ4v) is 4.26. The SMILES string of the molecule is CN1CCc2cccc3c2C1Cc1ccc(OP(=O)([O-])O)c(O)c1-3. The smallest absolute Gasteiger partial charge is 0.317 e. The highest BCUT2D eigenvalue weighted by atomic mass is 31.2. The molecule has 126 valence electrons. The fourth-order valence-electron chi connectivity index (χ4n) is 3.86. The molecule has 24 heavy (non-hydrogen) atoms. The first-order chi connectivity index (χ1) is 11.3. The molecule has 0 bridgehead atoms. The Bertz CT molecular complexity index is 876. The normalized spacial score (nSPS) is 21.5. The number of rotatable bonds is 2. The lowest BCUT2D eigenvalue weighted by molar-refractivity contribution is -0.211. The van der Waals surface area contributed by atoms with Gasteiger partial charge < -0.3 is 19.4 Å². The summed E-state index contributed by atoms with van der Waals surface area (Å²) >= 11 is 0. The van der Waals surface area contributed by atoms with Gasteiger partial charge in [-0.25, -0.2) is 0 Å². The predicted octanol–water partition coefficient (Wildman–Crippen LogP) is 1.98. The second-order valence-electron chi connectivity index (χ2n) is 6.34. The molecule has 7 heteroatoms. The Kier molecular flexibility index (Phi) is 3.48. The maximum atomic E-state index is 11.0. The summed E-state index contributed by atoms with van der Waals surface area (Å²) in [6.45, 7) is 0.980. The number of phosphoric ester groups is 1. The number of benzene rings is 2. The van der Waals surface area contributed by atoms with Crippen molar-refractivity contribution < 1.29 is 24.0 Å². The number of aromatic hydroxyl groups is 1. The monoisotopic (exact) mass is 346 g/mol. The first-order valence-corrected chi connectivity index (χ1v) is 9.25. The summed E-state index contributed by atoms with van der Waals surface area (Å²) in [7, 11) is -2.89. The van der Waals surface area contributed by atoms with Crippen molar-refractivity contribution >= 4 is 7.82 Å². The number of phosphoric acid groups is 1. The van der Waals surface area contributed by atoms with Gasteiger partial charge in [-0.1, -0.05) is 24.3 Å². The molecule has 2 aromatic carbocycles. The van der Waals surface area contributed by atoms with Gasteiger partial charge in [0.05, 0.1) is 0 Å². The third-order valence-corrected chi connectivity index (χ3v) is 5.35. The Balaban J connectivity index is 1.93. The van der Waals surface area contributed by atoms with Gasteiger partial charge in [0.15, 0.2) is 11.5 Å². The molecule has 0 saturated carbocycles. The van der Waals surface area contributed by atoms with Crippen LogP contribution in [-0.2, 0) is 17.4 Å². The number of nitrogens with zero attached hydrogens (tertiary/aromatic N) is 1. The van der Waals surface area contributed by atoms with Gasteiger partial charge in [-0.3, -0.25) is 9.46 Å². The Hall–Kier alpha value is -1.85. The first kappa shape index (κ1) is 15.7. The van der Waals surface area contributed by atoms with Gasteiger partial charge in [0, 0.05) is 18.2 Å². The Labute approximate surface area is 139 Å². The molecule has 2 atom stereocenters. The zero-order valence-corrected chi connectivity index (χ0v) is 14.0. The molecule has 1 heterocycles. The number of fused-ring (bicyclic) bond motifs is 2. The molecule has 2 N–H and O–H groups in total. The highest BCUT2D eigenvalue weighted by Gasteiger charge is 2.34. The van der Waals surface area contributed by atoms with Gasteiger partial charge in [0.2, 0.25) is 0 Å². The highest BCUT2D eigenvalue weighted by Crippen LogP contribution is 2.51. The van der Waals surface area contributed by atoms with Crippen LogP contribution in [0.15, 0.2) is 30.3 Å². The van der Waals surface area contributed by atoms with E-state index in [2.05, 4.69) is 22.5 Å². The van der Waals surface area contributed by atoms with Crippen molar-refractivity contribution in [3.8, 4) is 22.6 Å². The highest BCUT2D eigenvalue weighted by molar-refractivity contribution is 7.45. The van der Waals surface area contributed by atoms with Crippen LogP contribution < -0.4 is 9.42 Å². The van der Waals surface area contributed by atoms with Crippen LogP contribution in [-0.4, -0.2) is 28.5 Å². The maximum Gasteiger partial charge on any atom is 0.317 e. The van der Waals surface area contributed by atoms with Gasteiger partial charge in [-0.05, 0) is 48.2 Å². The summed E-state index contributed by atoms with van der Waals surface area (Å²) in [5.41, 5.74) is 4.85. The standard InChI is InChI=1S/C17H18NO5P/c1-18-8-7-10-3-2-4-12-15(10)13(18)9-11-5-6-14(17(19)16(11)12)23-24(20,21)22/h2-6,13,19H,7-9H2,1H3,(H2,20,21,22)/p-1. The van der Waals surface area contributed by atoms with Crippen molar-refractivity contribution in [1.29, 1.82) is 0 Å². The van der Waals surface area contributed by atoms with Gasteiger partial charge >= 0.3 is 7.82 Å². The van der Waals surface area contributed by atoms with Crippen LogP contribution in [0.3, 0.4) is 0 Å². The maximum absolute atomic E-state index is 11.0. The lowest BCUT2D eigenvalue weighted by Crippen LogP contribution is -2.35. The largest absolute Gasteiger partial charge is 0.746 e. The zero-order valence-electron chi connectivity index (χ0n) is 13.1. The van der Waals surface area contributed by atoms with Crippen LogP contribution in [0.25, 0.3) is 11.1 Å². The second kappa shape index (κ2) is 5.33. The van der Waals surface area contributed by atoms with Gasteiger partial charge in [-0.2, -0.15) is 0 Å². The molecule has 1 aliphatic heterocycles. The van der Waals surface area contributed by atoms with Crippen LogP contribution in [0, 0.1) is 0 Å². The van der Waals surface area contributed by atoms with Crippen LogP contribution in [0.2, 0.25) is 0 Å². The minimum absolute atomic E-state index is 0.243. The zero-order chi connectivity index (χ0) is 17.1. The molecule has 2 aliphatic rings. The Morgan fingerprint density at radius 2 is 2.08 bits per heavy atom. The van der Waals surface area contributed by atoms with Crippen molar-refractivity contribution in [1.82, 2.24) is 4.90 Å². The lowest BCUT2D eigenvalue weighted by atomic mass is 9.77. The molecule has 2 aromatic rings. The summed E-state index contributed by atoms with van der Waals surface area (Å²) in [5.74, 6) is -0.507. The lowest BCUT2D eigenvalue weighted by Gasteiger charge is -2.40. The molecule has 0 amide bonds. The average Bonchev–Trinajstić information content (AvgIpc) is 2.52. The van der Waals surface area contributed by atoms with E-state index in [-0.39, 0.29) is 17.5 Å². The minimum Gasteiger partial charge on any atom is -0.746 e. The fraction of sp³-hybridized carbons (Fsp3) is 0.294. The van der Waals surface area contributed by atoms with Crippen molar-refractivity contribution in [2.75, 3.05) is 13.6 Å². The molecule has 0 spiro atoms. The molecule has 0 aromatic heterocycles.